The van der Waals surface area contributed by atoms with Crippen LogP contribution in [-0.2, 0) is 16.4 Å². The van der Waals surface area contributed by atoms with E-state index < -0.39 is 10.0 Å². The molecule has 0 N–H and O–H groups in total. The van der Waals surface area contributed by atoms with Crippen molar-refractivity contribution < 1.29 is 8.42 Å². The number of benzene rings is 1. The van der Waals surface area contributed by atoms with Crippen LogP contribution in [0.2, 0.25) is 0 Å². The van der Waals surface area contributed by atoms with Gasteiger partial charge in [0.05, 0.1) is 5.75 Å². The Labute approximate surface area is 122 Å². The molecule has 0 aliphatic carbocycles. The van der Waals surface area contributed by atoms with Gasteiger partial charge < -0.3 is 4.90 Å². The van der Waals surface area contributed by atoms with Gasteiger partial charge in [0.15, 0.2) is 0 Å². The predicted octanol–water partition coefficient (Wildman–Crippen LogP) is 1.59. The molecule has 20 heavy (non-hydrogen) atoms. The average molecular weight is 296 g/mol. The van der Waals surface area contributed by atoms with Gasteiger partial charge in [-0.05, 0) is 24.9 Å². The molecule has 1 saturated heterocycles. The molecule has 0 bridgehead atoms. The molecule has 1 aliphatic heterocycles. The molecule has 2 rings (SSSR count). The van der Waals surface area contributed by atoms with Crippen LogP contribution < -0.4 is 0 Å². The van der Waals surface area contributed by atoms with Crippen LogP contribution in [0.25, 0.3) is 0 Å². The molecule has 1 aromatic carbocycles. The summed E-state index contributed by atoms with van der Waals surface area (Å²) in [7, 11) is -3.11. The monoisotopic (exact) mass is 296 g/mol. The number of aryl methyl sites for hydroxylation is 1. The molecule has 1 heterocycles. The molecule has 1 aromatic rings. The zero-order chi connectivity index (χ0) is 14.4. The van der Waals surface area contributed by atoms with Gasteiger partial charge in [0, 0.05) is 26.2 Å². The van der Waals surface area contributed by atoms with Gasteiger partial charge in [-0.2, -0.15) is 4.31 Å². The van der Waals surface area contributed by atoms with Gasteiger partial charge in [0.25, 0.3) is 0 Å². The second-order valence-corrected chi connectivity index (χ2v) is 7.38. The third kappa shape index (κ3) is 4.30. The van der Waals surface area contributed by atoms with E-state index in [-0.39, 0.29) is 5.75 Å². The summed E-state index contributed by atoms with van der Waals surface area (Å²) < 4.78 is 26.3. The second kappa shape index (κ2) is 7.20. The van der Waals surface area contributed by atoms with Gasteiger partial charge in [-0.15, -0.1) is 0 Å². The summed E-state index contributed by atoms with van der Waals surface area (Å²) in [6, 6.07) is 9.81. The van der Waals surface area contributed by atoms with Crippen molar-refractivity contribution in [3.63, 3.8) is 0 Å². The molecule has 4 nitrogen and oxygen atoms in total. The highest BCUT2D eigenvalue weighted by atomic mass is 32.2. The van der Waals surface area contributed by atoms with Crippen molar-refractivity contribution in [2.75, 3.05) is 38.5 Å². The summed E-state index contributed by atoms with van der Waals surface area (Å²) in [5.41, 5.74) is 1.08. The quantitative estimate of drug-likeness (QED) is 0.800. The maximum atomic E-state index is 12.3. The fraction of sp³-hybridized carbons (Fsp3) is 0.600. The number of hydrogen-bond donors (Lipinski definition) is 0. The molecule has 112 valence electrons. The summed E-state index contributed by atoms with van der Waals surface area (Å²) in [4.78, 5) is 2.34. The van der Waals surface area contributed by atoms with E-state index in [1.165, 1.54) is 0 Å². The summed E-state index contributed by atoms with van der Waals surface area (Å²) in [5, 5.41) is 0. The minimum Gasteiger partial charge on any atom is -0.301 e. The van der Waals surface area contributed by atoms with E-state index in [9.17, 15) is 8.42 Å². The minimum absolute atomic E-state index is 0.213. The largest absolute Gasteiger partial charge is 0.301 e. The third-order valence-electron chi connectivity index (χ3n) is 3.76. The Morgan fingerprint density at radius 1 is 1.05 bits per heavy atom. The standard InChI is InChI=1S/C15H24N2O2S/c1-2-9-16-10-12-17(13-11-16)20(18,19)14-8-15-6-4-3-5-7-15/h3-7H,2,8-14H2,1H3. The zero-order valence-corrected chi connectivity index (χ0v) is 13.0. The van der Waals surface area contributed by atoms with E-state index in [1.807, 2.05) is 30.3 Å². The SMILES string of the molecule is CCCN1CCN(S(=O)(=O)CCc2ccccc2)CC1. The molecule has 1 fully saturated rings. The highest BCUT2D eigenvalue weighted by molar-refractivity contribution is 7.89. The number of rotatable bonds is 6. The summed E-state index contributed by atoms with van der Waals surface area (Å²) >= 11 is 0. The fourth-order valence-electron chi connectivity index (χ4n) is 2.57. The maximum Gasteiger partial charge on any atom is 0.214 e. The van der Waals surface area contributed by atoms with Gasteiger partial charge in [-0.25, -0.2) is 8.42 Å². The lowest BCUT2D eigenvalue weighted by atomic mass is 10.2. The van der Waals surface area contributed by atoms with Gasteiger partial charge in [-0.3, -0.25) is 0 Å². The van der Waals surface area contributed by atoms with E-state index in [1.54, 1.807) is 4.31 Å². The van der Waals surface area contributed by atoms with Gasteiger partial charge in [-0.1, -0.05) is 37.3 Å². The van der Waals surface area contributed by atoms with E-state index >= 15 is 0 Å². The van der Waals surface area contributed by atoms with Crippen LogP contribution >= 0.6 is 0 Å². The number of sulfonamides is 1. The first-order chi connectivity index (χ1) is 9.62. The smallest absolute Gasteiger partial charge is 0.214 e. The Kier molecular flexibility index (Phi) is 5.57. The van der Waals surface area contributed by atoms with Crippen molar-refractivity contribution in [2.24, 2.45) is 0 Å². The molecule has 0 atom stereocenters. The Morgan fingerprint density at radius 3 is 2.30 bits per heavy atom. The summed E-state index contributed by atoms with van der Waals surface area (Å²) in [6.45, 7) is 6.21. The van der Waals surface area contributed by atoms with Crippen molar-refractivity contribution in [1.82, 2.24) is 9.21 Å². The van der Waals surface area contributed by atoms with Crippen LogP contribution in [0.15, 0.2) is 30.3 Å². The highest BCUT2D eigenvalue weighted by Gasteiger charge is 2.26. The Balaban J connectivity index is 1.85. The Bertz CT molecular complexity index is 494. The molecule has 0 saturated carbocycles. The first kappa shape index (κ1) is 15.5. The number of nitrogens with zero attached hydrogens (tertiary/aromatic N) is 2. The van der Waals surface area contributed by atoms with E-state index in [0.717, 1.165) is 31.6 Å². The third-order valence-corrected chi connectivity index (χ3v) is 5.63. The fourth-order valence-corrected chi connectivity index (χ4v) is 4.04. The van der Waals surface area contributed by atoms with Crippen LogP contribution in [0.3, 0.4) is 0 Å². The summed E-state index contributed by atoms with van der Waals surface area (Å²) in [6.07, 6.45) is 1.72. The zero-order valence-electron chi connectivity index (χ0n) is 12.2. The lowest BCUT2D eigenvalue weighted by Gasteiger charge is -2.33. The summed E-state index contributed by atoms with van der Waals surface area (Å²) in [5.74, 6) is 0.213. The van der Waals surface area contributed by atoms with Gasteiger partial charge >= 0.3 is 0 Å². The molecular weight excluding hydrogens is 272 g/mol. The molecule has 0 radical (unpaired) electrons. The molecular formula is C15H24N2O2S. The Hall–Kier alpha value is -0.910. The topological polar surface area (TPSA) is 40.6 Å². The molecule has 1 aliphatic rings. The maximum absolute atomic E-state index is 12.3. The lowest BCUT2D eigenvalue weighted by molar-refractivity contribution is 0.189. The molecule has 5 heteroatoms. The number of hydrogen-bond acceptors (Lipinski definition) is 3. The predicted molar refractivity (Wildman–Crippen MR) is 82.2 cm³/mol. The molecule has 0 unspecified atom stereocenters. The van der Waals surface area contributed by atoms with Crippen molar-refractivity contribution in [3.8, 4) is 0 Å². The van der Waals surface area contributed by atoms with E-state index in [2.05, 4.69) is 11.8 Å². The van der Waals surface area contributed by atoms with E-state index in [4.69, 9.17) is 0 Å². The first-order valence-electron chi connectivity index (χ1n) is 7.36. The second-order valence-electron chi connectivity index (χ2n) is 5.29. The van der Waals surface area contributed by atoms with Gasteiger partial charge in [0.1, 0.15) is 0 Å². The van der Waals surface area contributed by atoms with Crippen LogP contribution in [0, 0.1) is 0 Å². The lowest BCUT2D eigenvalue weighted by Crippen LogP contribution is -2.49. The van der Waals surface area contributed by atoms with Crippen LogP contribution in [-0.4, -0.2) is 56.1 Å². The average Bonchev–Trinajstić information content (AvgIpc) is 2.47. The van der Waals surface area contributed by atoms with Crippen molar-refractivity contribution >= 4 is 10.0 Å². The normalized spacial score (nSPS) is 18.2. The molecule has 0 aromatic heterocycles. The van der Waals surface area contributed by atoms with Gasteiger partial charge in [0.2, 0.25) is 10.0 Å². The number of piperazine rings is 1. The van der Waals surface area contributed by atoms with Crippen molar-refractivity contribution in [1.29, 1.82) is 0 Å². The van der Waals surface area contributed by atoms with Crippen molar-refractivity contribution in [3.05, 3.63) is 35.9 Å². The minimum atomic E-state index is -3.11. The Morgan fingerprint density at radius 2 is 1.70 bits per heavy atom. The molecule has 0 amide bonds. The van der Waals surface area contributed by atoms with Crippen LogP contribution in [0.4, 0.5) is 0 Å². The first-order valence-corrected chi connectivity index (χ1v) is 8.97. The van der Waals surface area contributed by atoms with E-state index in [0.29, 0.717) is 19.5 Å². The van der Waals surface area contributed by atoms with Crippen LogP contribution in [0.1, 0.15) is 18.9 Å². The highest BCUT2D eigenvalue weighted by Crippen LogP contribution is 2.10. The molecule has 0 spiro atoms. The van der Waals surface area contributed by atoms with Crippen LogP contribution in [0.5, 0.6) is 0 Å². The van der Waals surface area contributed by atoms with Crippen molar-refractivity contribution in [2.45, 2.75) is 19.8 Å².